The van der Waals surface area contributed by atoms with E-state index in [9.17, 15) is 0 Å². The molecule has 0 aliphatic heterocycles. The highest BCUT2D eigenvalue weighted by Crippen LogP contribution is 2.29. The summed E-state index contributed by atoms with van der Waals surface area (Å²) in [5.41, 5.74) is 2.55. The number of H-pyrrole nitrogens is 1. The van der Waals surface area contributed by atoms with Gasteiger partial charge in [0, 0.05) is 17.1 Å². The Kier molecular flexibility index (Phi) is 4.08. The Hall–Kier alpha value is -1.44. The van der Waals surface area contributed by atoms with Crippen molar-refractivity contribution in [1.29, 1.82) is 0 Å². The first-order chi connectivity index (χ1) is 8.36. The van der Waals surface area contributed by atoms with Gasteiger partial charge in [0.05, 0.1) is 6.61 Å². The summed E-state index contributed by atoms with van der Waals surface area (Å²) in [5.74, 6) is 1.03. The Balaban J connectivity index is 2.29. The summed E-state index contributed by atoms with van der Waals surface area (Å²) in [4.78, 5) is 3.32. The summed E-state index contributed by atoms with van der Waals surface area (Å²) in [6.45, 7) is 5.20. The molecule has 92 valence electrons. The van der Waals surface area contributed by atoms with E-state index in [0.29, 0.717) is 0 Å². The van der Waals surface area contributed by atoms with Crippen LogP contribution in [0.5, 0.6) is 5.75 Å². The van der Waals surface area contributed by atoms with Crippen LogP contribution < -0.4 is 4.74 Å². The maximum absolute atomic E-state index is 5.89. The third kappa shape index (κ3) is 2.63. The van der Waals surface area contributed by atoms with Gasteiger partial charge in [0.1, 0.15) is 5.75 Å². The van der Waals surface area contributed by atoms with Crippen molar-refractivity contribution in [3.63, 3.8) is 0 Å². The Morgan fingerprint density at radius 3 is 2.82 bits per heavy atom. The van der Waals surface area contributed by atoms with Crippen molar-refractivity contribution in [3.8, 4) is 5.75 Å². The molecule has 0 saturated carbocycles. The van der Waals surface area contributed by atoms with Crippen molar-refractivity contribution in [3.05, 3.63) is 30.0 Å². The van der Waals surface area contributed by atoms with Gasteiger partial charge in [-0.05, 0) is 30.5 Å². The predicted octanol–water partition coefficient (Wildman–Crippen LogP) is 4.30. The SMILES string of the molecule is CCCCOc1cccc2[nH]cc(CCC)c12. The molecule has 0 aliphatic rings. The molecule has 0 aliphatic carbocycles. The molecule has 1 aromatic carbocycles. The predicted molar refractivity (Wildman–Crippen MR) is 72.7 cm³/mol. The molecule has 0 bridgehead atoms. The van der Waals surface area contributed by atoms with E-state index in [-0.39, 0.29) is 0 Å². The first-order valence-corrected chi connectivity index (χ1v) is 6.58. The van der Waals surface area contributed by atoms with E-state index in [1.54, 1.807) is 0 Å². The van der Waals surface area contributed by atoms with Gasteiger partial charge in [-0.1, -0.05) is 32.8 Å². The van der Waals surface area contributed by atoms with Crippen molar-refractivity contribution in [2.75, 3.05) is 6.61 Å². The van der Waals surface area contributed by atoms with E-state index in [4.69, 9.17) is 4.74 Å². The van der Waals surface area contributed by atoms with Crippen LogP contribution in [-0.2, 0) is 6.42 Å². The molecule has 2 nitrogen and oxygen atoms in total. The third-order valence-electron chi connectivity index (χ3n) is 3.02. The van der Waals surface area contributed by atoms with Gasteiger partial charge in [0.2, 0.25) is 0 Å². The Bertz CT molecular complexity index is 473. The standard InChI is InChI=1S/C15H21NO/c1-3-5-10-17-14-9-6-8-13-15(14)12(7-4-2)11-16-13/h6,8-9,11,16H,3-5,7,10H2,1-2H3. The van der Waals surface area contributed by atoms with Gasteiger partial charge in [-0.2, -0.15) is 0 Å². The summed E-state index contributed by atoms with van der Waals surface area (Å²) in [6.07, 6.45) is 6.67. The molecular formula is C15H21NO. The molecule has 0 radical (unpaired) electrons. The molecule has 1 heterocycles. The summed E-state index contributed by atoms with van der Waals surface area (Å²) in [5, 5.41) is 1.27. The molecule has 17 heavy (non-hydrogen) atoms. The lowest BCUT2D eigenvalue weighted by Gasteiger charge is -2.08. The van der Waals surface area contributed by atoms with Gasteiger partial charge < -0.3 is 9.72 Å². The molecule has 0 spiro atoms. The van der Waals surface area contributed by atoms with Gasteiger partial charge in [-0.15, -0.1) is 0 Å². The fourth-order valence-electron chi connectivity index (χ4n) is 2.13. The zero-order valence-corrected chi connectivity index (χ0v) is 10.8. The van der Waals surface area contributed by atoms with E-state index in [1.807, 2.05) is 0 Å². The highest BCUT2D eigenvalue weighted by Gasteiger charge is 2.08. The summed E-state index contributed by atoms with van der Waals surface area (Å²) in [6, 6.07) is 6.24. The molecule has 2 rings (SSSR count). The van der Waals surface area contributed by atoms with Crippen LogP contribution in [0.1, 0.15) is 38.7 Å². The smallest absolute Gasteiger partial charge is 0.128 e. The topological polar surface area (TPSA) is 25.0 Å². The zero-order valence-electron chi connectivity index (χ0n) is 10.8. The number of aromatic amines is 1. The van der Waals surface area contributed by atoms with Crippen molar-refractivity contribution in [1.82, 2.24) is 4.98 Å². The number of hydrogen-bond donors (Lipinski definition) is 1. The van der Waals surface area contributed by atoms with Crippen molar-refractivity contribution in [2.24, 2.45) is 0 Å². The van der Waals surface area contributed by atoms with E-state index >= 15 is 0 Å². The second-order valence-electron chi connectivity index (χ2n) is 4.44. The van der Waals surface area contributed by atoms with Gasteiger partial charge in [0.15, 0.2) is 0 Å². The highest BCUT2D eigenvalue weighted by atomic mass is 16.5. The maximum Gasteiger partial charge on any atom is 0.128 e. The minimum absolute atomic E-state index is 0.812. The number of ether oxygens (including phenoxy) is 1. The second kappa shape index (κ2) is 5.76. The maximum atomic E-state index is 5.89. The van der Waals surface area contributed by atoms with Crippen LogP contribution in [0, 0.1) is 0 Å². The molecular weight excluding hydrogens is 210 g/mol. The van der Waals surface area contributed by atoms with Crippen LogP contribution in [0.25, 0.3) is 10.9 Å². The van der Waals surface area contributed by atoms with Crippen molar-refractivity contribution in [2.45, 2.75) is 39.5 Å². The normalized spacial score (nSPS) is 10.9. The summed E-state index contributed by atoms with van der Waals surface area (Å²) >= 11 is 0. The summed E-state index contributed by atoms with van der Waals surface area (Å²) in [7, 11) is 0. The third-order valence-corrected chi connectivity index (χ3v) is 3.02. The van der Waals surface area contributed by atoms with E-state index in [1.165, 1.54) is 22.9 Å². The first kappa shape index (κ1) is 12.0. The molecule has 1 N–H and O–H groups in total. The van der Waals surface area contributed by atoms with Crippen LogP contribution in [0.2, 0.25) is 0 Å². The first-order valence-electron chi connectivity index (χ1n) is 6.58. The highest BCUT2D eigenvalue weighted by molar-refractivity contribution is 5.89. The van der Waals surface area contributed by atoms with Crippen molar-refractivity contribution >= 4 is 10.9 Å². The average molecular weight is 231 g/mol. The van der Waals surface area contributed by atoms with Crippen LogP contribution in [0.3, 0.4) is 0 Å². The zero-order chi connectivity index (χ0) is 12.1. The van der Waals surface area contributed by atoms with Gasteiger partial charge >= 0.3 is 0 Å². The molecule has 2 aromatic rings. The number of aryl methyl sites for hydroxylation is 1. The largest absolute Gasteiger partial charge is 0.493 e. The number of unbranched alkanes of at least 4 members (excludes halogenated alkanes) is 1. The van der Waals surface area contributed by atoms with Crippen molar-refractivity contribution < 1.29 is 4.74 Å². The van der Waals surface area contributed by atoms with Gasteiger partial charge in [-0.3, -0.25) is 0 Å². The lowest BCUT2D eigenvalue weighted by molar-refractivity contribution is 0.313. The average Bonchev–Trinajstić information content (AvgIpc) is 2.75. The molecule has 2 heteroatoms. The molecule has 0 fully saturated rings. The molecule has 0 saturated heterocycles. The van der Waals surface area contributed by atoms with Crippen LogP contribution in [0.15, 0.2) is 24.4 Å². The van der Waals surface area contributed by atoms with Crippen LogP contribution in [0.4, 0.5) is 0 Å². The second-order valence-corrected chi connectivity index (χ2v) is 4.44. The number of hydrogen-bond acceptors (Lipinski definition) is 1. The fraction of sp³-hybridized carbons (Fsp3) is 0.467. The Labute approximate surface area is 103 Å². The summed E-state index contributed by atoms with van der Waals surface area (Å²) < 4.78 is 5.89. The number of benzene rings is 1. The minimum atomic E-state index is 0.812. The number of fused-ring (bicyclic) bond motifs is 1. The molecule has 0 unspecified atom stereocenters. The Morgan fingerprint density at radius 2 is 2.06 bits per heavy atom. The number of aromatic nitrogens is 1. The van der Waals surface area contributed by atoms with Gasteiger partial charge in [0.25, 0.3) is 0 Å². The van der Waals surface area contributed by atoms with Gasteiger partial charge in [-0.25, -0.2) is 0 Å². The molecule has 1 aromatic heterocycles. The van der Waals surface area contributed by atoms with E-state index in [0.717, 1.165) is 31.6 Å². The monoisotopic (exact) mass is 231 g/mol. The Morgan fingerprint density at radius 1 is 1.18 bits per heavy atom. The van der Waals surface area contributed by atoms with E-state index in [2.05, 4.69) is 43.2 Å². The lowest BCUT2D eigenvalue weighted by atomic mass is 10.1. The van der Waals surface area contributed by atoms with Crippen LogP contribution in [-0.4, -0.2) is 11.6 Å². The van der Waals surface area contributed by atoms with Crippen LogP contribution >= 0.6 is 0 Å². The minimum Gasteiger partial charge on any atom is -0.493 e. The quantitative estimate of drug-likeness (QED) is 0.737. The number of nitrogens with one attached hydrogen (secondary N) is 1. The van der Waals surface area contributed by atoms with E-state index < -0.39 is 0 Å². The number of rotatable bonds is 6. The molecule has 0 atom stereocenters. The lowest BCUT2D eigenvalue weighted by Crippen LogP contribution is -1.97. The molecule has 0 amide bonds. The fourth-order valence-corrected chi connectivity index (χ4v) is 2.13.